The molecule has 3 nitrogen and oxygen atoms in total. The van der Waals surface area contributed by atoms with Crippen molar-refractivity contribution in [3.8, 4) is 5.75 Å². The van der Waals surface area contributed by atoms with Gasteiger partial charge >= 0.3 is 58.4 Å². The molecule has 80 valence electrons. The van der Waals surface area contributed by atoms with Gasteiger partial charge in [0.2, 0.25) is 0 Å². The minimum Gasteiger partial charge on any atom is -0.485 e. The van der Waals surface area contributed by atoms with Gasteiger partial charge in [-0.25, -0.2) is 0 Å². The molecule has 1 aliphatic rings. The average molecular weight is 255 g/mol. The van der Waals surface area contributed by atoms with E-state index in [9.17, 15) is 17.7 Å². The summed E-state index contributed by atoms with van der Waals surface area (Å²) in [5.41, 5.74) is -0.740. The number of carbonyl (C=O) groups excluding carboxylic acids is 1. The third-order valence-electron chi connectivity index (χ3n) is 2.02. The van der Waals surface area contributed by atoms with Crippen molar-refractivity contribution < 1.29 is 73.9 Å². The molecule has 0 atom stereocenters. The molecule has 1 aromatic rings. The summed E-state index contributed by atoms with van der Waals surface area (Å²) in [5.74, 6) is -0.737. The minimum absolute atomic E-state index is 0. The molecular formula is C8H6BF3KNO2. The van der Waals surface area contributed by atoms with Crippen molar-refractivity contribution in [2.24, 2.45) is 0 Å². The number of carbonyl (C=O) groups is 1. The van der Waals surface area contributed by atoms with Gasteiger partial charge in [0.25, 0.3) is 5.91 Å². The van der Waals surface area contributed by atoms with Crippen LogP contribution in [0.15, 0.2) is 18.2 Å². The van der Waals surface area contributed by atoms with Crippen LogP contribution in [0.5, 0.6) is 5.75 Å². The smallest absolute Gasteiger partial charge is 0.485 e. The first-order valence-electron chi connectivity index (χ1n) is 4.24. The monoisotopic (exact) mass is 255 g/mol. The summed E-state index contributed by atoms with van der Waals surface area (Å²) in [7, 11) is 0. The molecule has 0 aliphatic carbocycles. The summed E-state index contributed by atoms with van der Waals surface area (Å²) in [6.45, 7) is -5.50. The second kappa shape index (κ2) is 5.09. The van der Waals surface area contributed by atoms with E-state index in [1.54, 1.807) is 0 Å². The second-order valence-corrected chi connectivity index (χ2v) is 3.14. The van der Waals surface area contributed by atoms with Crippen molar-refractivity contribution in [2.75, 3.05) is 11.9 Å². The third-order valence-corrected chi connectivity index (χ3v) is 2.02. The number of benzene rings is 1. The molecule has 0 fully saturated rings. The largest absolute Gasteiger partial charge is 1.00 e. The Hall–Kier alpha value is -0.0187. The van der Waals surface area contributed by atoms with Crippen LogP contribution in [-0.2, 0) is 4.79 Å². The van der Waals surface area contributed by atoms with Gasteiger partial charge in [-0.1, -0.05) is 17.6 Å². The van der Waals surface area contributed by atoms with Gasteiger partial charge in [-0.3, -0.25) is 4.79 Å². The van der Waals surface area contributed by atoms with Gasteiger partial charge in [0.15, 0.2) is 6.61 Å². The summed E-state index contributed by atoms with van der Waals surface area (Å²) >= 11 is 0. The maximum Gasteiger partial charge on any atom is 1.00 e. The maximum absolute atomic E-state index is 12.5. The standard InChI is InChI=1S/C8H6BF3NO2.K/c10-9(11,12)5-2-1-3-6-8(5)15-4-7(14)13-6;/h1-3H,4H2,(H,13,14);/q-1;+1. The molecule has 0 saturated carbocycles. The van der Waals surface area contributed by atoms with Gasteiger partial charge in [-0.15, -0.1) is 0 Å². The number of hydrogen-bond donors (Lipinski definition) is 1. The van der Waals surface area contributed by atoms with E-state index < -0.39 is 18.3 Å². The fourth-order valence-corrected chi connectivity index (χ4v) is 1.40. The third kappa shape index (κ3) is 2.81. The maximum atomic E-state index is 12.5. The van der Waals surface area contributed by atoms with Crippen LogP contribution in [0.2, 0.25) is 0 Å². The molecule has 0 radical (unpaired) electrons. The SMILES string of the molecule is O=C1COc2c(cccc2[B-](F)(F)F)N1.[K+]. The van der Waals surface area contributed by atoms with Crippen molar-refractivity contribution in [1.29, 1.82) is 0 Å². The van der Waals surface area contributed by atoms with E-state index in [0.29, 0.717) is 0 Å². The zero-order chi connectivity index (χ0) is 11.1. The van der Waals surface area contributed by atoms with E-state index in [0.717, 1.165) is 6.07 Å². The zero-order valence-electron chi connectivity index (χ0n) is 8.47. The first-order valence-corrected chi connectivity index (χ1v) is 4.24. The summed E-state index contributed by atoms with van der Waals surface area (Å²) < 4.78 is 42.4. The predicted octanol–water partition coefficient (Wildman–Crippen LogP) is -1.92. The van der Waals surface area contributed by atoms with Crippen LogP contribution in [0.25, 0.3) is 0 Å². The van der Waals surface area contributed by atoms with Gasteiger partial charge in [-0.2, -0.15) is 0 Å². The number of hydrogen-bond acceptors (Lipinski definition) is 2. The molecule has 1 amide bonds. The summed E-state index contributed by atoms with van der Waals surface area (Å²) in [4.78, 5) is 10.9. The number of para-hydroxylation sites is 1. The molecular weight excluding hydrogens is 249 g/mol. The van der Waals surface area contributed by atoms with Gasteiger partial charge in [0, 0.05) is 0 Å². The molecule has 1 aromatic carbocycles. The quantitative estimate of drug-likeness (QED) is 0.594. The van der Waals surface area contributed by atoms with Crippen molar-refractivity contribution in [3.63, 3.8) is 0 Å². The van der Waals surface area contributed by atoms with E-state index in [2.05, 4.69) is 5.32 Å². The number of rotatable bonds is 1. The summed E-state index contributed by atoms with van der Waals surface area (Å²) in [6, 6.07) is 3.55. The van der Waals surface area contributed by atoms with E-state index in [4.69, 9.17) is 4.74 Å². The van der Waals surface area contributed by atoms with Crippen LogP contribution in [0.1, 0.15) is 0 Å². The molecule has 0 unspecified atom stereocenters. The number of fused-ring (bicyclic) bond motifs is 1. The van der Waals surface area contributed by atoms with Crippen LogP contribution < -0.4 is 66.9 Å². The molecule has 1 N–H and O–H groups in total. The van der Waals surface area contributed by atoms with E-state index in [1.165, 1.54) is 12.1 Å². The van der Waals surface area contributed by atoms with Crippen molar-refractivity contribution in [1.82, 2.24) is 0 Å². The van der Waals surface area contributed by atoms with Crippen LogP contribution in [0.3, 0.4) is 0 Å². The van der Waals surface area contributed by atoms with E-state index >= 15 is 0 Å². The Balaban J connectivity index is 0.00000128. The Kier molecular flexibility index (Phi) is 4.47. The number of anilines is 1. The number of ether oxygens (including phenoxy) is 1. The summed E-state index contributed by atoms with van der Waals surface area (Å²) in [5, 5.41) is 2.32. The van der Waals surface area contributed by atoms with E-state index in [-0.39, 0.29) is 69.4 Å². The normalized spacial score (nSPS) is 14.3. The second-order valence-electron chi connectivity index (χ2n) is 3.14. The van der Waals surface area contributed by atoms with Gasteiger partial charge < -0.3 is 23.0 Å². The van der Waals surface area contributed by atoms with Gasteiger partial charge in [0.05, 0.1) is 5.69 Å². The molecule has 0 spiro atoms. The minimum atomic E-state index is -5.12. The van der Waals surface area contributed by atoms with Crippen LogP contribution >= 0.6 is 0 Å². The predicted molar refractivity (Wildman–Crippen MR) is 49.3 cm³/mol. The first kappa shape index (κ1) is 14.0. The topological polar surface area (TPSA) is 38.3 Å². The van der Waals surface area contributed by atoms with Crippen LogP contribution in [0.4, 0.5) is 18.6 Å². The Morgan fingerprint density at radius 2 is 2.00 bits per heavy atom. The number of amides is 1. The van der Waals surface area contributed by atoms with Gasteiger partial charge in [-0.05, 0) is 6.07 Å². The Bertz CT molecular complexity index is 424. The molecule has 0 saturated heterocycles. The average Bonchev–Trinajstić information content (AvgIpc) is 2.15. The molecule has 1 aliphatic heterocycles. The summed E-state index contributed by atoms with van der Waals surface area (Å²) in [6.07, 6.45) is 0. The Labute approximate surface area is 132 Å². The molecule has 2 rings (SSSR count). The van der Waals surface area contributed by atoms with Crippen molar-refractivity contribution >= 4 is 24.0 Å². The molecule has 0 bridgehead atoms. The molecule has 0 aromatic heterocycles. The molecule has 16 heavy (non-hydrogen) atoms. The number of halogens is 3. The fourth-order valence-electron chi connectivity index (χ4n) is 1.40. The van der Waals surface area contributed by atoms with Crippen molar-refractivity contribution in [3.05, 3.63) is 18.2 Å². The van der Waals surface area contributed by atoms with Crippen LogP contribution in [-0.4, -0.2) is 19.5 Å². The zero-order valence-corrected chi connectivity index (χ0v) is 11.6. The number of nitrogens with one attached hydrogen (secondary N) is 1. The molecule has 8 heteroatoms. The van der Waals surface area contributed by atoms with Crippen LogP contribution in [0, 0.1) is 0 Å². The Morgan fingerprint density at radius 3 is 2.62 bits per heavy atom. The van der Waals surface area contributed by atoms with E-state index in [1.807, 2.05) is 0 Å². The first-order chi connectivity index (χ1) is 6.98. The molecule has 1 heterocycles. The fraction of sp³-hybridized carbons (Fsp3) is 0.125. The van der Waals surface area contributed by atoms with Gasteiger partial charge in [0.1, 0.15) is 5.75 Å². The Morgan fingerprint density at radius 1 is 1.31 bits per heavy atom. The van der Waals surface area contributed by atoms with Crippen molar-refractivity contribution in [2.45, 2.75) is 0 Å².